The molecule has 2 N–H and O–H groups in total. The van der Waals surface area contributed by atoms with Crippen LogP contribution in [0.4, 0.5) is 13.2 Å². The van der Waals surface area contributed by atoms with Crippen LogP contribution in [0.5, 0.6) is 0 Å². The molecule has 1 aromatic carbocycles. The molecule has 0 bridgehead atoms. The van der Waals surface area contributed by atoms with E-state index in [1.165, 1.54) is 4.68 Å². The number of amides is 1. The van der Waals surface area contributed by atoms with Gasteiger partial charge in [-0.05, 0) is 38.1 Å². The predicted molar refractivity (Wildman–Crippen MR) is 85.1 cm³/mol. The molecule has 9 heteroatoms. The second-order valence-electron chi connectivity index (χ2n) is 5.20. The molecule has 0 aliphatic rings. The lowest BCUT2D eigenvalue weighted by Gasteiger charge is -2.15. The first-order valence-electron chi connectivity index (χ1n) is 6.96. The van der Waals surface area contributed by atoms with Crippen molar-refractivity contribution in [2.75, 3.05) is 6.54 Å². The smallest absolute Gasteiger partial charge is 0.382 e. The summed E-state index contributed by atoms with van der Waals surface area (Å²) in [5, 5.41) is 15.3. The van der Waals surface area contributed by atoms with Crippen LogP contribution in [0.25, 0.3) is 5.69 Å². The van der Waals surface area contributed by atoms with Crippen molar-refractivity contribution in [2.45, 2.75) is 26.1 Å². The Morgan fingerprint density at radius 3 is 2.46 bits per heavy atom. The van der Waals surface area contributed by atoms with Gasteiger partial charge in [0.15, 0.2) is 6.10 Å². The average molecular weight is 406 g/mol. The zero-order valence-electron chi connectivity index (χ0n) is 12.9. The molecule has 0 aliphatic heterocycles. The van der Waals surface area contributed by atoms with Gasteiger partial charge in [-0.1, -0.05) is 15.9 Å². The van der Waals surface area contributed by atoms with E-state index in [-0.39, 0.29) is 5.56 Å². The number of nitrogens with zero attached hydrogens (tertiary/aromatic N) is 2. The number of carbonyl (C=O) groups excluding carboxylic acids is 1. The van der Waals surface area contributed by atoms with E-state index in [0.717, 1.165) is 4.47 Å². The van der Waals surface area contributed by atoms with Gasteiger partial charge in [0.2, 0.25) is 0 Å². The van der Waals surface area contributed by atoms with E-state index < -0.39 is 24.7 Å². The molecule has 2 aromatic rings. The molecule has 5 nitrogen and oxygen atoms in total. The van der Waals surface area contributed by atoms with Crippen LogP contribution in [0.1, 0.15) is 21.7 Å². The minimum Gasteiger partial charge on any atom is -0.382 e. The summed E-state index contributed by atoms with van der Waals surface area (Å²) in [6, 6.07) is 7.20. The van der Waals surface area contributed by atoms with Crippen LogP contribution >= 0.6 is 15.9 Å². The Bertz CT molecular complexity index is 742. The third-order valence-electron chi connectivity index (χ3n) is 3.42. The SMILES string of the molecule is Cc1nn(-c2ccc(Br)cc2)c(C)c1C(=O)NC[C@@H](O)C(F)(F)F. The van der Waals surface area contributed by atoms with E-state index in [4.69, 9.17) is 5.11 Å². The molecule has 2 rings (SSSR count). The van der Waals surface area contributed by atoms with Crippen LogP contribution in [0, 0.1) is 13.8 Å². The Labute approximate surface area is 144 Å². The Balaban J connectivity index is 2.22. The Hall–Kier alpha value is -1.87. The largest absolute Gasteiger partial charge is 0.416 e. The van der Waals surface area contributed by atoms with Crippen molar-refractivity contribution in [3.8, 4) is 5.69 Å². The minimum atomic E-state index is -4.78. The van der Waals surface area contributed by atoms with Gasteiger partial charge >= 0.3 is 6.18 Å². The Morgan fingerprint density at radius 1 is 1.33 bits per heavy atom. The highest BCUT2D eigenvalue weighted by Crippen LogP contribution is 2.21. The Morgan fingerprint density at radius 2 is 1.92 bits per heavy atom. The number of hydrogen-bond acceptors (Lipinski definition) is 3. The molecular formula is C15H15BrF3N3O2. The standard InChI is InChI=1S/C15H15BrF3N3O2/c1-8-13(14(24)20-7-12(23)15(17,18)19)9(2)22(21-8)11-5-3-10(16)4-6-11/h3-6,12,23H,7H2,1-2H3,(H,20,24)/t12-/m1/s1. The summed E-state index contributed by atoms with van der Waals surface area (Å²) in [4.78, 5) is 12.2. The number of aliphatic hydroxyl groups excluding tert-OH is 1. The van der Waals surface area contributed by atoms with Crippen LogP contribution in [-0.4, -0.2) is 39.6 Å². The van der Waals surface area contributed by atoms with Gasteiger partial charge in [-0.3, -0.25) is 4.79 Å². The molecule has 0 saturated carbocycles. The van der Waals surface area contributed by atoms with E-state index in [0.29, 0.717) is 17.1 Å². The lowest BCUT2D eigenvalue weighted by atomic mass is 10.1. The highest BCUT2D eigenvalue weighted by Gasteiger charge is 2.38. The summed E-state index contributed by atoms with van der Waals surface area (Å²) < 4.78 is 39.3. The second kappa shape index (κ2) is 6.94. The summed E-state index contributed by atoms with van der Waals surface area (Å²) in [5.74, 6) is -0.711. The van der Waals surface area contributed by atoms with Crippen LogP contribution in [0.15, 0.2) is 28.7 Å². The maximum Gasteiger partial charge on any atom is 0.416 e. The quantitative estimate of drug-likeness (QED) is 0.821. The van der Waals surface area contributed by atoms with Crippen molar-refractivity contribution >= 4 is 21.8 Å². The van der Waals surface area contributed by atoms with Crippen molar-refractivity contribution in [1.82, 2.24) is 15.1 Å². The fraction of sp³-hybridized carbons (Fsp3) is 0.333. The number of rotatable bonds is 4. The van der Waals surface area contributed by atoms with Crippen molar-refractivity contribution in [1.29, 1.82) is 0 Å². The lowest BCUT2D eigenvalue weighted by molar-refractivity contribution is -0.201. The maximum atomic E-state index is 12.3. The molecule has 0 aliphatic carbocycles. The third-order valence-corrected chi connectivity index (χ3v) is 3.95. The molecule has 0 fully saturated rings. The van der Waals surface area contributed by atoms with Crippen molar-refractivity contribution in [3.05, 3.63) is 45.7 Å². The molecule has 1 heterocycles. The van der Waals surface area contributed by atoms with Gasteiger partial charge in [-0.15, -0.1) is 0 Å². The van der Waals surface area contributed by atoms with E-state index in [1.807, 2.05) is 12.1 Å². The molecule has 1 atom stereocenters. The van der Waals surface area contributed by atoms with Crippen molar-refractivity contribution < 1.29 is 23.1 Å². The van der Waals surface area contributed by atoms with Gasteiger partial charge in [-0.2, -0.15) is 18.3 Å². The fourth-order valence-corrected chi connectivity index (χ4v) is 2.46. The summed E-state index contributed by atoms with van der Waals surface area (Å²) in [6.45, 7) is 2.33. The van der Waals surface area contributed by atoms with Crippen LogP contribution in [0.3, 0.4) is 0 Å². The summed E-state index contributed by atoms with van der Waals surface area (Å²) in [7, 11) is 0. The summed E-state index contributed by atoms with van der Waals surface area (Å²) >= 11 is 3.32. The van der Waals surface area contributed by atoms with Gasteiger partial charge in [-0.25, -0.2) is 4.68 Å². The number of aromatic nitrogens is 2. The van der Waals surface area contributed by atoms with Gasteiger partial charge in [0.25, 0.3) is 5.91 Å². The average Bonchev–Trinajstić information content (AvgIpc) is 2.79. The van der Waals surface area contributed by atoms with E-state index >= 15 is 0 Å². The molecule has 1 aromatic heterocycles. The van der Waals surface area contributed by atoms with Crippen LogP contribution in [0.2, 0.25) is 0 Å². The van der Waals surface area contributed by atoms with E-state index in [2.05, 4.69) is 26.3 Å². The number of benzene rings is 1. The molecule has 130 valence electrons. The van der Waals surface area contributed by atoms with E-state index in [9.17, 15) is 18.0 Å². The molecular weight excluding hydrogens is 391 g/mol. The first kappa shape index (κ1) is 18.5. The van der Waals surface area contributed by atoms with E-state index in [1.54, 1.807) is 26.0 Å². The highest BCUT2D eigenvalue weighted by atomic mass is 79.9. The number of halogens is 4. The number of aliphatic hydroxyl groups is 1. The normalized spacial score (nSPS) is 13.0. The molecule has 0 unspecified atom stereocenters. The fourth-order valence-electron chi connectivity index (χ4n) is 2.20. The maximum absolute atomic E-state index is 12.3. The Kier molecular flexibility index (Phi) is 5.34. The topological polar surface area (TPSA) is 67.2 Å². The van der Waals surface area contributed by atoms with Gasteiger partial charge in [0, 0.05) is 4.47 Å². The molecule has 0 saturated heterocycles. The van der Waals surface area contributed by atoms with Crippen molar-refractivity contribution in [2.24, 2.45) is 0 Å². The summed E-state index contributed by atoms with van der Waals surface area (Å²) in [5.41, 5.74) is 1.78. The number of hydrogen-bond donors (Lipinski definition) is 2. The number of nitrogens with one attached hydrogen (secondary N) is 1. The zero-order chi connectivity index (χ0) is 18.1. The van der Waals surface area contributed by atoms with Crippen LogP contribution in [-0.2, 0) is 0 Å². The predicted octanol–water partition coefficient (Wildman–Crippen LogP) is 2.90. The lowest BCUT2D eigenvalue weighted by Crippen LogP contribution is -2.40. The molecule has 0 radical (unpaired) electrons. The van der Waals surface area contributed by atoms with Gasteiger partial charge in [0.05, 0.1) is 29.2 Å². The minimum absolute atomic E-state index is 0.187. The van der Waals surface area contributed by atoms with Crippen LogP contribution < -0.4 is 5.32 Å². The van der Waals surface area contributed by atoms with Gasteiger partial charge in [0.1, 0.15) is 0 Å². The number of alkyl halides is 3. The number of aryl methyl sites for hydroxylation is 1. The molecule has 24 heavy (non-hydrogen) atoms. The second-order valence-corrected chi connectivity index (χ2v) is 6.12. The number of carbonyl (C=O) groups is 1. The third kappa shape index (κ3) is 3.96. The molecule has 1 amide bonds. The first-order chi connectivity index (χ1) is 11.1. The summed E-state index contributed by atoms with van der Waals surface area (Å²) in [6.07, 6.45) is -7.39. The molecule has 0 spiro atoms. The van der Waals surface area contributed by atoms with Crippen molar-refractivity contribution in [3.63, 3.8) is 0 Å². The zero-order valence-corrected chi connectivity index (χ0v) is 14.4. The van der Waals surface area contributed by atoms with Gasteiger partial charge < -0.3 is 10.4 Å². The highest BCUT2D eigenvalue weighted by molar-refractivity contribution is 9.10. The first-order valence-corrected chi connectivity index (χ1v) is 7.75. The monoisotopic (exact) mass is 405 g/mol.